The predicted molar refractivity (Wildman–Crippen MR) is 135 cm³/mol. The third kappa shape index (κ3) is 5.65. The van der Waals surface area contributed by atoms with Crippen molar-refractivity contribution in [2.75, 3.05) is 44.3 Å². The van der Waals surface area contributed by atoms with Crippen LogP contribution in [0, 0.1) is 6.92 Å². The zero-order valence-corrected chi connectivity index (χ0v) is 21.4. The van der Waals surface area contributed by atoms with Gasteiger partial charge in [-0.25, -0.2) is 4.98 Å². The average Bonchev–Trinajstić information content (AvgIpc) is 3.31. The molecule has 3 aromatic rings. The molecule has 0 saturated carbocycles. The van der Waals surface area contributed by atoms with Crippen LogP contribution in [0.5, 0.6) is 0 Å². The molecule has 1 saturated heterocycles. The Morgan fingerprint density at radius 2 is 1.97 bits per heavy atom. The maximum atomic E-state index is 13.4. The van der Waals surface area contributed by atoms with Gasteiger partial charge in [0.25, 0.3) is 5.91 Å². The van der Waals surface area contributed by atoms with Gasteiger partial charge in [-0.2, -0.15) is 0 Å². The van der Waals surface area contributed by atoms with Crippen LogP contribution in [-0.2, 0) is 4.74 Å². The highest BCUT2D eigenvalue weighted by molar-refractivity contribution is 7.22. The van der Waals surface area contributed by atoms with Gasteiger partial charge < -0.3 is 4.74 Å². The van der Waals surface area contributed by atoms with Gasteiger partial charge in [-0.3, -0.25) is 14.6 Å². The predicted octanol–water partition coefficient (Wildman–Crippen LogP) is 6.42. The molecule has 2 aromatic heterocycles. The average molecular weight is 541 g/mol. The molecule has 0 radical (unpaired) electrons. The van der Waals surface area contributed by atoms with Crippen molar-refractivity contribution in [1.29, 1.82) is 0 Å². The van der Waals surface area contributed by atoms with Crippen molar-refractivity contribution >= 4 is 91.1 Å². The van der Waals surface area contributed by atoms with Crippen LogP contribution in [-0.4, -0.2) is 55.2 Å². The highest BCUT2D eigenvalue weighted by Crippen LogP contribution is 2.36. The van der Waals surface area contributed by atoms with Crippen LogP contribution in [0.25, 0.3) is 10.2 Å². The maximum Gasteiger partial charge on any atom is 0.262 e. The summed E-state index contributed by atoms with van der Waals surface area (Å²) in [5, 5.41) is 1.30. The number of morpholine rings is 1. The normalized spacial score (nSPS) is 14.6. The van der Waals surface area contributed by atoms with Gasteiger partial charge in [-0.1, -0.05) is 46.1 Å². The molecule has 1 aromatic carbocycles. The van der Waals surface area contributed by atoms with Crippen molar-refractivity contribution in [3.8, 4) is 0 Å². The lowest BCUT2D eigenvalue weighted by Gasteiger charge is -2.27. The Morgan fingerprint density at radius 3 is 2.65 bits per heavy atom. The van der Waals surface area contributed by atoms with Gasteiger partial charge in [-0.05, 0) is 37.1 Å². The lowest BCUT2D eigenvalue weighted by Crippen LogP contribution is -2.39. The highest BCUT2D eigenvalue weighted by Gasteiger charge is 2.25. The molecule has 5 nitrogen and oxygen atoms in total. The number of fused-ring (bicyclic) bond motifs is 1. The maximum absolute atomic E-state index is 13.4. The summed E-state index contributed by atoms with van der Waals surface area (Å²) < 4.78 is 7.29. The third-order valence-corrected chi connectivity index (χ3v) is 8.00. The Bertz CT molecular complexity index is 1070. The summed E-state index contributed by atoms with van der Waals surface area (Å²) in [6, 6.07) is 5.43. The van der Waals surface area contributed by atoms with E-state index < -0.39 is 0 Å². The second-order valence-electron chi connectivity index (χ2n) is 7.02. The van der Waals surface area contributed by atoms with E-state index in [1.54, 1.807) is 11.0 Å². The summed E-state index contributed by atoms with van der Waals surface area (Å²) in [4.78, 5) is 22.2. The number of aryl methyl sites for hydroxylation is 1. The number of halogens is 4. The zero-order chi connectivity index (χ0) is 21.3. The number of benzene rings is 1. The van der Waals surface area contributed by atoms with Crippen molar-refractivity contribution in [2.45, 2.75) is 13.3 Å². The van der Waals surface area contributed by atoms with Crippen LogP contribution in [0.4, 0.5) is 5.13 Å². The van der Waals surface area contributed by atoms with E-state index in [9.17, 15) is 4.79 Å². The van der Waals surface area contributed by atoms with Crippen LogP contribution in [0.2, 0.25) is 13.7 Å². The fraction of sp³-hybridized carbons (Fsp3) is 0.400. The van der Waals surface area contributed by atoms with E-state index in [4.69, 9.17) is 44.5 Å². The van der Waals surface area contributed by atoms with Gasteiger partial charge >= 0.3 is 0 Å². The van der Waals surface area contributed by atoms with Crippen LogP contribution in [0.15, 0.2) is 18.2 Å². The summed E-state index contributed by atoms with van der Waals surface area (Å²) in [7, 11) is 0. The first kappa shape index (κ1) is 25.0. The molecule has 3 heterocycles. The number of hydrogen-bond donors (Lipinski definition) is 0. The third-order valence-electron chi connectivity index (χ3n) is 5.06. The Balaban J connectivity index is 0.00000272. The van der Waals surface area contributed by atoms with Gasteiger partial charge in [0.1, 0.15) is 4.34 Å². The number of carbonyl (C=O) groups excluding carboxylic acids is 1. The molecule has 4 rings (SSSR count). The van der Waals surface area contributed by atoms with Crippen molar-refractivity contribution in [1.82, 2.24) is 9.88 Å². The molecule has 1 aliphatic rings. The molecule has 168 valence electrons. The van der Waals surface area contributed by atoms with Crippen LogP contribution in [0.1, 0.15) is 22.3 Å². The molecule has 1 fully saturated rings. The number of thiazole rings is 1. The van der Waals surface area contributed by atoms with E-state index in [0.717, 1.165) is 55.0 Å². The standard InChI is InChI=1S/C20H20Cl3N3O2S2.ClH/c1-12-14(21)3-4-15-17(12)24-20(29-15)26(6-2-5-25-7-9-28-10-8-25)19(27)13-11-16(22)30-18(13)23;/h3-4,11H,2,5-10H2,1H3;1H. The Labute approximate surface area is 210 Å². The summed E-state index contributed by atoms with van der Waals surface area (Å²) >= 11 is 21.3. The Morgan fingerprint density at radius 1 is 1.23 bits per heavy atom. The van der Waals surface area contributed by atoms with Gasteiger partial charge in [-0.15, -0.1) is 23.7 Å². The summed E-state index contributed by atoms with van der Waals surface area (Å²) in [6.07, 6.45) is 0.816. The van der Waals surface area contributed by atoms with E-state index in [2.05, 4.69) is 4.90 Å². The van der Waals surface area contributed by atoms with E-state index in [1.165, 1.54) is 22.7 Å². The molecule has 31 heavy (non-hydrogen) atoms. The van der Waals surface area contributed by atoms with Crippen molar-refractivity contribution < 1.29 is 9.53 Å². The first-order chi connectivity index (χ1) is 14.4. The number of nitrogens with zero attached hydrogens (tertiary/aromatic N) is 3. The number of anilines is 1. The molecule has 0 atom stereocenters. The van der Waals surface area contributed by atoms with Gasteiger partial charge in [0.05, 0.1) is 33.3 Å². The molecule has 0 spiro atoms. The molecule has 0 bridgehead atoms. The number of thiophene rings is 1. The topological polar surface area (TPSA) is 45.7 Å². The van der Waals surface area contributed by atoms with Gasteiger partial charge in [0.2, 0.25) is 0 Å². The minimum Gasteiger partial charge on any atom is -0.379 e. The number of aromatic nitrogens is 1. The summed E-state index contributed by atoms with van der Waals surface area (Å²) in [6.45, 7) is 6.70. The minimum atomic E-state index is -0.187. The summed E-state index contributed by atoms with van der Waals surface area (Å²) in [5.74, 6) is -0.187. The monoisotopic (exact) mass is 539 g/mol. The molecular weight excluding hydrogens is 520 g/mol. The van der Waals surface area contributed by atoms with Crippen LogP contribution >= 0.6 is 69.9 Å². The van der Waals surface area contributed by atoms with Crippen molar-refractivity contribution in [3.63, 3.8) is 0 Å². The largest absolute Gasteiger partial charge is 0.379 e. The Kier molecular flexibility index (Phi) is 8.86. The number of amides is 1. The first-order valence-corrected chi connectivity index (χ1v) is 12.3. The van der Waals surface area contributed by atoms with Gasteiger partial charge in [0.15, 0.2) is 5.13 Å². The van der Waals surface area contributed by atoms with E-state index in [-0.39, 0.29) is 18.3 Å². The quantitative estimate of drug-likeness (QED) is 0.362. The minimum absolute atomic E-state index is 0. The molecule has 11 heteroatoms. The van der Waals surface area contributed by atoms with Crippen molar-refractivity contribution in [2.24, 2.45) is 0 Å². The zero-order valence-electron chi connectivity index (χ0n) is 16.7. The summed E-state index contributed by atoms with van der Waals surface area (Å²) in [5.41, 5.74) is 2.14. The lowest BCUT2D eigenvalue weighted by molar-refractivity contribution is 0.0376. The fourth-order valence-electron chi connectivity index (χ4n) is 3.40. The van der Waals surface area contributed by atoms with Gasteiger partial charge in [0, 0.05) is 31.2 Å². The fourth-order valence-corrected chi connectivity index (χ4v) is 6.05. The van der Waals surface area contributed by atoms with Crippen molar-refractivity contribution in [3.05, 3.63) is 43.0 Å². The van der Waals surface area contributed by atoms with Crippen LogP contribution in [0.3, 0.4) is 0 Å². The SMILES string of the molecule is Cc1c(Cl)ccc2sc(N(CCCN3CCOCC3)C(=O)c3cc(Cl)sc3Cl)nc12.Cl. The molecular formula is C20H21Cl4N3O2S2. The number of rotatable bonds is 6. The van der Waals surface area contributed by atoms with E-state index in [1.807, 2.05) is 19.1 Å². The second kappa shape index (κ2) is 11.0. The van der Waals surface area contributed by atoms with E-state index >= 15 is 0 Å². The molecule has 1 aliphatic heterocycles. The molecule has 0 N–H and O–H groups in total. The molecule has 0 aliphatic carbocycles. The number of hydrogen-bond acceptors (Lipinski definition) is 6. The second-order valence-corrected chi connectivity index (χ2v) is 10.7. The lowest BCUT2D eigenvalue weighted by atomic mass is 10.2. The van der Waals surface area contributed by atoms with E-state index in [0.29, 0.717) is 30.9 Å². The number of ether oxygens (including phenoxy) is 1. The molecule has 1 amide bonds. The smallest absolute Gasteiger partial charge is 0.262 e. The molecule has 0 unspecified atom stereocenters. The number of carbonyl (C=O) groups is 1. The first-order valence-electron chi connectivity index (χ1n) is 9.56. The highest BCUT2D eigenvalue weighted by atomic mass is 35.5. The van der Waals surface area contributed by atoms with Crippen LogP contribution < -0.4 is 4.90 Å². The Hall–Kier alpha value is -0.640.